The molecule has 0 radical (unpaired) electrons. The Bertz CT molecular complexity index is 1200. The molecule has 1 N–H and O–H groups in total. The second-order valence-corrected chi connectivity index (χ2v) is 8.07. The second-order valence-electron chi connectivity index (χ2n) is 8.07. The standard InChI is InChI=1S/C22H25N5O5/c1-12(2)18-9-15(16-10-23-26(13(3)4)21(16)25-18)22(29)32-11-20(28)24-17-7-6-14(5)8-19(17)27(30)31/h6-10,12-13H,11H2,1-5H3,(H,24,28). The Hall–Kier alpha value is -3.82. The van der Waals surface area contributed by atoms with Crippen LogP contribution in [-0.2, 0) is 9.53 Å². The normalized spacial score (nSPS) is 11.2. The number of esters is 1. The van der Waals surface area contributed by atoms with Crippen molar-refractivity contribution in [3.8, 4) is 0 Å². The highest BCUT2D eigenvalue weighted by Crippen LogP contribution is 2.26. The molecule has 10 nitrogen and oxygen atoms in total. The number of anilines is 1. The molecule has 0 atom stereocenters. The predicted octanol–water partition coefficient (Wildman–Crippen LogP) is 4.15. The predicted molar refractivity (Wildman–Crippen MR) is 119 cm³/mol. The zero-order valence-corrected chi connectivity index (χ0v) is 18.6. The average molecular weight is 439 g/mol. The highest BCUT2D eigenvalue weighted by molar-refractivity contribution is 6.04. The fourth-order valence-electron chi connectivity index (χ4n) is 3.17. The lowest BCUT2D eigenvalue weighted by Crippen LogP contribution is -2.21. The van der Waals surface area contributed by atoms with Crippen LogP contribution in [0.2, 0.25) is 0 Å². The summed E-state index contributed by atoms with van der Waals surface area (Å²) < 4.78 is 6.94. The van der Waals surface area contributed by atoms with Gasteiger partial charge in [0.05, 0.1) is 22.1 Å². The van der Waals surface area contributed by atoms with Gasteiger partial charge in [-0.15, -0.1) is 0 Å². The maximum atomic E-state index is 12.8. The number of carbonyl (C=O) groups excluding carboxylic acids is 2. The summed E-state index contributed by atoms with van der Waals surface area (Å²) in [5.41, 5.74) is 2.02. The van der Waals surface area contributed by atoms with Crippen molar-refractivity contribution < 1.29 is 19.2 Å². The van der Waals surface area contributed by atoms with E-state index in [1.165, 1.54) is 12.1 Å². The highest BCUT2D eigenvalue weighted by atomic mass is 16.6. The molecular weight excluding hydrogens is 414 g/mol. The molecule has 0 saturated heterocycles. The molecule has 0 aliphatic heterocycles. The molecule has 2 aromatic heterocycles. The molecule has 168 valence electrons. The molecule has 0 bridgehead atoms. The second kappa shape index (κ2) is 9.13. The van der Waals surface area contributed by atoms with Crippen molar-refractivity contribution in [1.82, 2.24) is 14.8 Å². The van der Waals surface area contributed by atoms with Crippen LogP contribution in [0.25, 0.3) is 11.0 Å². The summed E-state index contributed by atoms with van der Waals surface area (Å²) in [5, 5.41) is 18.5. The van der Waals surface area contributed by atoms with Gasteiger partial charge in [0.25, 0.3) is 11.6 Å². The molecule has 10 heteroatoms. The molecule has 0 spiro atoms. The first-order valence-electron chi connectivity index (χ1n) is 10.2. The maximum Gasteiger partial charge on any atom is 0.339 e. The molecule has 0 aliphatic rings. The molecule has 0 saturated carbocycles. The van der Waals surface area contributed by atoms with E-state index in [1.807, 2.05) is 27.7 Å². The van der Waals surface area contributed by atoms with Crippen molar-refractivity contribution >= 4 is 34.3 Å². The molecule has 2 heterocycles. The van der Waals surface area contributed by atoms with Gasteiger partial charge in [-0.25, -0.2) is 14.5 Å². The van der Waals surface area contributed by atoms with Gasteiger partial charge in [-0.05, 0) is 44.4 Å². The van der Waals surface area contributed by atoms with Crippen LogP contribution in [0.3, 0.4) is 0 Å². The number of aryl methyl sites for hydroxylation is 1. The van der Waals surface area contributed by atoms with Crippen LogP contribution in [0.1, 0.15) is 61.3 Å². The number of nitrogens with one attached hydrogen (secondary N) is 1. The van der Waals surface area contributed by atoms with Crippen molar-refractivity contribution in [3.63, 3.8) is 0 Å². The van der Waals surface area contributed by atoms with E-state index in [0.29, 0.717) is 22.3 Å². The minimum absolute atomic E-state index is 0.0354. The van der Waals surface area contributed by atoms with E-state index in [4.69, 9.17) is 4.74 Å². The summed E-state index contributed by atoms with van der Waals surface area (Å²) in [5.74, 6) is -1.32. The smallest absolute Gasteiger partial charge is 0.339 e. The maximum absolute atomic E-state index is 12.8. The van der Waals surface area contributed by atoms with Crippen LogP contribution in [0, 0.1) is 17.0 Å². The van der Waals surface area contributed by atoms with Gasteiger partial charge in [0.15, 0.2) is 12.3 Å². The van der Waals surface area contributed by atoms with E-state index in [1.54, 1.807) is 29.9 Å². The van der Waals surface area contributed by atoms with Crippen molar-refractivity contribution in [2.75, 3.05) is 11.9 Å². The van der Waals surface area contributed by atoms with E-state index in [0.717, 1.165) is 0 Å². The van der Waals surface area contributed by atoms with E-state index < -0.39 is 23.4 Å². The summed E-state index contributed by atoms with van der Waals surface area (Å²) in [7, 11) is 0. The number of ether oxygens (including phenoxy) is 1. The van der Waals surface area contributed by atoms with Gasteiger partial charge in [0.1, 0.15) is 5.69 Å². The van der Waals surface area contributed by atoms with Crippen LogP contribution in [0.5, 0.6) is 0 Å². The highest BCUT2D eigenvalue weighted by Gasteiger charge is 2.21. The third kappa shape index (κ3) is 4.74. The Morgan fingerprint density at radius 1 is 1.22 bits per heavy atom. The number of fused-ring (bicyclic) bond motifs is 1. The Balaban J connectivity index is 1.81. The first-order valence-corrected chi connectivity index (χ1v) is 10.2. The molecular formula is C22H25N5O5. The van der Waals surface area contributed by atoms with Crippen LogP contribution >= 0.6 is 0 Å². The number of nitro groups is 1. The lowest BCUT2D eigenvalue weighted by atomic mass is 10.1. The lowest BCUT2D eigenvalue weighted by molar-refractivity contribution is -0.384. The third-order valence-electron chi connectivity index (χ3n) is 4.85. The fourth-order valence-corrected chi connectivity index (χ4v) is 3.17. The van der Waals surface area contributed by atoms with Gasteiger partial charge < -0.3 is 10.1 Å². The fraction of sp³-hybridized carbons (Fsp3) is 0.364. The summed E-state index contributed by atoms with van der Waals surface area (Å²) in [6.07, 6.45) is 1.55. The van der Waals surface area contributed by atoms with Gasteiger partial charge in [-0.3, -0.25) is 14.9 Å². The Kier molecular flexibility index (Phi) is 6.52. The monoisotopic (exact) mass is 439 g/mol. The molecule has 0 unspecified atom stereocenters. The number of rotatable bonds is 7. The summed E-state index contributed by atoms with van der Waals surface area (Å²) >= 11 is 0. The minimum Gasteiger partial charge on any atom is -0.452 e. The number of benzene rings is 1. The van der Waals surface area contributed by atoms with E-state index in [9.17, 15) is 19.7 Å². The van der Waals surface area contributed by atoms with Crippen molar-refractivity contribution in [2.45, 2.75) is 46.6 Å². The quantitative estimate of drug-likeness (QED) is 0.332. The zero-order chi connectivity index (χ0) is 23.6. The molecule has 32 heavy (non-hydrogen) atoms. The molecule has 0 aliphatic carbocycles. The number of nitrogens with zero attached hydrogens (tertiary/aromatic N) is 4. The molecule has 1 aromatic carbocycles. The molecule has 1 amide bonds. The van der Waals surface area contributed by atoms with Gasteiger partial charge >= 0.3 is 5.97 Å². The van der Waals surface area contributed by atoms with Gasteiger partial charge in [0, 0.05) is 17.8 Å². The van der Waals surface area contributed by atoms with Gasteiger partial charge in [0.2, 0.25) is 0 Å². The molecule has 3 aromatic rings. The van der Waals surface area contributed by atoms with Crippen molar-refractivity contribution in [1.29, 1.82) is 0 Å². The first-order chi connectivity index (χ1) is 15.1. The Morgan fingerprint density at radius 2 is 1.94 bits per heavy atom. The SMILES string of the molecule is Cc1ccc(NC(=O)COC(=O)c2cc(C(C)C)nc3c2cnn3C(C)C)c([N+](=O)[O-])c1. The van der Waals surface area contributed by atoms with Crippen molar-refractivity contribution in [2.24, 2.45) is 0 Å². The molecule has 3 rings (SSSR count). The number of hydrogen-bond donors (Lipinski definition) is 1. The number of amides is 1. The average Bonchev–Trinajstić information content (AvgIpc) is 3.16. The minimum atomic E-state index is -0.698. The number of nitro benzene ring substituents is 1. The first kappa shape index (κ1) is 22.9. The van der Waals surface area contributed by atoms with Crippen LogP contribution < -0.4 is 5.32 Å². The third-order valence-corrected chi connectivity index (χ3v) is 4.85. The Morgan fingerprint density at radius 3 is 2.56 bits per heavy atom. The van der Waals surface area contributed by atoms with Crippen LogP contribution in [0.15, 0.2) is 30.5 Å². The summed E-state index contributed by atoms with van der Waals surface area (Å²) in [4.78, 5) is 40.4. The van der Waals surface area contributed by atoms with E-state index >= 15 is 0 Å². The van der Waals surface area contributed by atoms with E-state index in [-0.39, 0.29) is 28.9 Å². The largest absolute Gasteiger partial charge is 0.452 e. The molecule has 0 fully saturated rings. The topological polar surface area (TPSA) is 129 Å². The van der Waals surface area contributed by atoms with Gasteiger partial charge in [-0.2, -0.15) is 5.10 Å². The summed E-state index contributed by atoms with van der Waals surface area (Å²) in [6, 6.07) is 6.12. The lowest BCUT2D eigenvalue weighted by Gasteiger charge is -2.12. The zero-order valence-electron chi connectivity index (χ0n) is 18.6. The number of hydrogen-bond acceptors (Lipinski definition) is 7. The van der Waals surface area contributed by atoms with Crippen LogP contribution in [0.4, 0.5) is 11.4 Å². The number of pyridine rings is 1. The summed E-state index contributed by atoms with van der Waals surface area (Å²) in [6.45, 7) is 8.96. The van der Waals surface area contributed by atoms with E-state index in [2.05, 4.69) is 15.4 Å². The Labute approximate surface area is 184 Å². The number of aromatic nitrogens is 3. The van der Waals surface area contributed by atoms with Crippen molar-refractivity contribution in [3.05, 3.63) is 57.4 Å². The van der Waals surface area contributed by atoms with Gasteiger partial charge in [-0.1, -0.05) is 19.9 Å². The van der Waals surface area contributed by atoms with Crippen LogP contribution in [-0.4, -0.2) is 38.2 Å². The number of carbonyl (C=O) groups is 2.